The molecule has 2 heterocycles. The highest BCUT2D eigenvalue weighted by atomic mass is 32.1. The van der Waals surface area contributed by atoms with Gasteiger partial charge in [0.15, 0.2) is 0 Å². The maximum absolute atomic E-state index is 9.19. The molecule has 4 nitrogen and oxygen atoms in total. The number of thiazole rings is 1. The standard InChI is InChI=1S/C13H19N3OS/c1-13(2,3)12-10(8-14)18-11(15-12)9-16-4-6-17-7-5-16/h4-7,9H2,1-3H3. The lowest BCUT2D eigenvalue weighted by Crippen LogP contribution is -2.35. The van der Waals surface area contributed by atoms with Crippen LogP contribution >= 0.6 is 11.3 Å². The van der Waals surface area contributed by atoms with Crippen LogP contribution in [0.1, 0.15) is 36.3 Å². The zero-order chi connectivity index (χ0) is 13.2. The monoisotopic (exact) mass is 265 g/mol. The molecular weight excluding hydrogens is 246 g/mol. The molecule has 0 amide bonds. The molecule has 5 heteroatoms. The summed E-state index contributed by atoms with van der Waals surface area (Å²) >= 11 is 1.53. The predicted molar refractivity (Wildman–Crippen MR) is 71.6 cm³/mol. The molecule has 1 fully saturated rings. The number of nitrogens with zero attached hydrogens (tertiary/aromatic N) is 3. The molecular formula is C13H19N3OS. The van der Waals surface area contributed by atoms with Crippen molar-refractivity contribution in [1.29, 1.82) is 5.26 Å². The number of ether oxygens (including phenoxy) is 1. The zero-order valence-electron chi connectivity index (χ0n) is 11.2. The SMILES string of the molecule is CC(C)(C)c1nc(CN2CCOCC2)sc1C#N. The van der Waals surface area contributed by atoms with Gasteiger partial charge in [0.05, 0.1) is 25.5 Å². The highest BCUT2D eigenvalue weighted by molar-refractivity contribution is 7.12. The van der Waals surface area contributed by atoms with E-state index in [0.29, 0.717) is 0 Å². The van der Waals surface area contributed by atoms with Crippen LogP contribution in [-0.2, 0) is 16.7 Å². The second-order valence-electron chi connectivity index (χ2n) is 5.54. The highest BCUT2D eigenvalue weighted by Crippen LogP contribution is 2.29. The summed E-state index contributed by atoms with van der Waals surface area (Å²) in [5, 5.41) is 10.2. The fraction of sp³-hybridized carbons (Fsp3) is 0.692. The van der Waals surface area contributed by atoms with Crippen LogP contribution in [-0.4, -0.2) is 36.2 Å². The molecule has 0 spiro atoms. The number of rotatable bonds is 2. The van der Waals surface area contributed by atoms with Gasteiger partial charge in [0, 0.05) is 18.5 Å². The Morgan fingerprint density at radius 3 is 2.56 bits per heavy atom. The molecule has 0 aliphatic carbocycles. The molecule has 1 aliphatic heterocycles. The Morgan fingerprint density at radius 1 is 1.39 bits per heavy atom. The quantitative estimate of drug-likeness (QED) is 0.822. The van der Waals surface area contributed by atoms with E-state index in [2.05, 4.69) is 36.7 Å². The number of nitriles is 1. The van der Waals surface area contributed by atoms with Gasteiger partial charge in [-0.3, -0.25) is 4.90 Å². The van der Waals surface area contributed by atoms with E-state index in [-0.39, 0.29) is 5.41 Å². The van der Waals surface area contributed by atoms with Gasteiger partial charge in [-0.05, 0) is 0 Å². The van der Waals surface area contributed by atoms with Crippen LogP contribution in [0.25, 0.3) is 0 Å². The molecule has 98 valence electrons. The van der Waals surface area contributed by atoms with Crippen LogP contribution in [0.3, 0.4) is 0 Å². The lowest BCUT2D eigenvalue weighted by atomic mass is 9.91. The van der Waals surface area contributed by atoms with E-state index in [1.54, 1.807) is 0 Å². The summed E-state index contributed by atoms with van der Waals surface area (Å²) in [7, 11) is 0. The lowest BCUT2D eigenvalue weighted by Gasteiger charge is -2.25. The van der Waals surface area contributed by atoms with Crippen LogP contribution in [0.2, 0.25) is 0 Å². The Labute approximate surface area is 112 Å². The third-order valence-corrected chi connectivity index (χ3v) is 3.89. The summed E-state index contributed by atoms with van der Waals surface area (Å²) in [6.45, 7) is 10.6. The predicted octanol–water partition coefficient (Wildman–Crippen LogP) is 2.14. The second kappa shape index (κ2) is 5.35. The molecule has 18 heavy (non-hydrogen) atoms. The Morgan fingerprint density at radius 2 is 2.06 bits per heavy atom. The smallest absolute Gasteiger partial charge is 0.128 e. The molecule has 0 unspecified atom stereocenters. The third-order valence-electron chi connectivity index (χ3n) is 2.95. The number of aromatic nitrogens is 1. The fourth-order valence-electron chi connectivity index (χ4n) is 1.97. The van der Waals surface area contributed by atoms with E-state index in [4.69, 9.17) is 4.74 Å². The summed E-state index contributed by atoms with van der Waals surface area (Å²) in [6, 6.07) is 2.27. The molecule has 1 aromatic rings. The normalized spacial score (nSPS) is 17.7. The Kier molecular flexibility index (Phi) is 4.00. The van der Waals surface area contributed by atoms with Crippen molar-refractivity contribution in [2.75, 3.05) is 26.3 Å². The van der Waals surface area contributed by atoms with Crippen LogP contribution < -0.4 is 0 Å². The summed E-state index contributed by atoms with van der Waals surface area (Å²) in [4.78, 5) is 7.74. The topological polar surface area (TPSA) is 49.2 Å². The molecule has 0 aromatic carbocycles. The third kappa shape index (κ3) is 3.08. The van der Waals surface area contributed by atoms with Gasteiger partial charge in [-0.2, -0.15) is 5.26 Å². The molecule has 0 atom stereocenters. The number of hydrogen-bond donors (Lipinski definition) is 0. The van der Waals surface area contributed by atoms with Crippen LogP contribution in [0.15, 0.2) is 0 Å². The summed E-state index contributed by atoms with van der Waals surface area (Å²) in [5.41, 5.74) is 0.864. The van der Waals surface area contributed by atoms with Gasteiger partial charge in [-0.15, -0.1) is 11.3 Å². The van der Waals surface area contributed by atoms with Gasteiger partial charge in [0.2, 0.25) is 0 Å². The van der Waals surface area contributed by atoms with Crippen molar-refractivity contribution in [2.24, 2.45) is 0 Å². The van der Waals surface area contributed by atoms with Crippen molar-refractivity contribution in [1.82, 2.24) is 9.88 Å². The molecule has 2 rings (SSSR count). The van der Waals surface area contributed by atoms with Crippen molar-refractivity contribution in [3.8, 4) is 6.07 Å². The second-order valence-corrected chi connectivity index (χ2v) is 6.62. The minimum atomic E-state index is -0.0647. The first-order chi connectivity index (χ1) is 8.50. The lowest BCUT2D eigenvalue weighted by molar-refractivity contribution is 0.0341. The summed E-state index contributed by atoms with van der Waals surface area (Å²) in [5.74, 6) is 0. The Bertz CT molecular complexity index is 450. The first-order valence-corrected chi connectivity index (χ1v) is 7.03. The zero-order valence-corrected chi connectivity index (χ0v) is 12.0. The van der Waals surface area contributed by atoms with E-state index >= 15 is 0 Å². The summed E-state index contributed by atoms with van der Waals surface area (Å²) < 4.78 is 5.33. The van der Waals surface area contributed by atoms with Crippen LogP contribution in [0.4, 0.5) is 0 Å². The van der Waals surface area contributed by atoms with Crippen molar-refractivity contribution in [2.45, 2.75) is 32.7 Å². The van der Waals surface area contributed by atoms with Gasteiger partial charge >= 0.3 is 0 Å². The first-order valence-electron chi connectivity index (χ1n) is 6.21. The Balaban J connectivity index is 2.14. The van der Waals surface area contributed by atoms with E-state index in [1.807, 2.05) is 0 Å². The van der Waals surface area contributed by atoms with Gasteiger partial charge in [0.1, 0.15) is 16.0 Å². The van der Waals surface area contributed by atoms with E-state index in [9.17, 15) is 5.26 Å². The fourth-order valence-corrected chi connectivity index (χ4v) is 3.08. The van der Waals surface area contributed by atoms with Crippen molar-refractivity contribution in [3.63, 3.8) is 0 Å². The molecule has 0 saturated carbocycles. The highest BCUT2D eigenvalue weighted by Gasteiger charge is 2.24. The van der Waals surface area contributed by atoms with Gasteiger partial charge in [-0.25, -0.2) is 4.98 Å². The first kappa shape index (κ1) is 13.5. The van der Waals surface area contributed by atoms with Crippen molar-refractivity contribution in [3.05, 3.63) is 15.6 Å². The summed E-state index contributed by atoms with van der Waals surface area (Å²) in [6.07, 6.45) is 0. The number of morpholine rings is 1. The maximum atomic E-state index is 9.19. The minimum absolute atomic E-state index is 0.0647. The van der Waals surface area contributed by atoms with Crippen LogP contribution in [0, 0.1) is 11.3 Å². The maximum Gasteiger partial charge on any atom is 0.128 e. The molecule has 1 aliphatic rings. The largest absolute Gasteiger partial charge is 0.379 e. The van der Waals surface area contributed by atoms with Gasteiger partial charge in [0.25, 0.3) is 0 Å². The van der Waals surface area contributed by atoms with Crippen LogP contribution in [0.5, 0.6) is 0 Å². The van der Waals surface area contributed by atoms with E-state index in [1.165, 1.54) is 11.3 Å². The van der Waals surface area contributed by atoms with E-state index in [0.717, 1.165) is 48.4 Å². The number of hydrogen-bond acceptors (Lipinski definition) is 5. The molecule has 1 saturated heterocycles. The van der Waals surface area contributed by atoms with E-state index < -0.39 is 0 Å². The molecule has 0 radical (unpaired) electrons. The molecule has 1 aromatic heterocycles. The molecule has 0 bridgehead atoms. The Hall–Kier alpha value is -0.960. The average molecular weight is 265 g/mol. The average Bonchev–Trinajstić information content (AvgIpc) is 2.73. The molecule has 0 N–H and O–H groups in total. The van der Waals surface area contributed by atoms with Gasteiger partial charge in [-0.1, -0.05) is 20.8 Å². The van der Waals surface area contributed by atoms with Crippen molar-refractivity contribution < 1.29 is 4.74 Å². The van der Waals surface area contributed by atoms with Crippen molar-refractivity contribution >= 4 is 11.3 Å². The van der Waals surface area contributed by atoms with Gasteiger partial charge < -0.3 is 4.74 Å². The minimum Gasteiger partial charge on any atom is -0.379 e.